The second-order valence-electron chi connectivity index (χ2n) is 5.97. The summed E-state index contributed by atoms with van der Waals surface area (Å²) in [4.78, 5) is 24.8. The van der Waals surface area contributed by atoms with E-state index >= 15 is 0 Å². The van der Waals surface area contributed by atoms with Crippen molar-refractivity contribution in [1.29, 1.82) is 0 Å². The molecule has 9 heteroatoms. The Labute approximate surface area is 165 Å². The number of halogens is 1. The molecule has 1 aromatic carbocycles. The highest BCUT2D eigenvalue weighted by Crippen LogP contribution is 2.26. The van der Waals surface area contributed by atoms with Crippen LogP contribution in [0.3, 0.4) is 0 Å². The number of fused-ring (bicyclic) bond motifs is 1. The lowest BCUT2D eigenvalue weighted by molar-refractivity contribution is 0.0974. The number of Topliss-reactive ketones (excluding diaryl/α,β-unsaturated/α-hetero) is 2. The van der Waals surface area contributed by atoms with Gasteiger partial charge in [0.2, 0.25) is 11.6 Å². The van der Waals surface area contributed by atoms with E-state index in [1.807, 2.05) is 0 Å². The Morgan fingerprint density at radius 3 is 2.11 bits per heavy atom. The Morgan fingerprint density at radius 2 is 1.52 bits per heavy atom. The molecule has 2 rings (SSSR count). The first-order valence-electron chi connectivity index (χ1n) is 8.68. The van der Waals surface area contributed by atoms with Gasteiger partial charge < -0.3 is 23.9 Å². The molecule has 0 amide bonds. The molecule has 0 aliphatic heterocycles. The number of hydrogen-bond acceptors (Lipinski definition) is 7. The van der Waals surface area contributed by atoms with E-state index in [1.54, 1.807) is 45.6 Å². The van der Waals surface area contributed by atoms with Gasteiger partial charge in [0.25, 0.3) is 0 Å². The Bertz CT molecular complexity index is 713. The van der Waals surface area contributed by atoms with E-state index in [0.717, 1.165) is 13.0 Å². The fourth-order valence-electron chi connectivity index (χ4n) is 2.89. The van der Waals surface area contributed by atoms with Crippen LogP contribution in [0, 0.1) is 0 Å². The van der Waals surface area contributed by atoms with Gasteiger partial charge in [0, 0.05) is 51.6 Å². The molecule has 27 heavy (non-hydrogen) atoms. The predicted molar refractivity (Wildman–Crippen MR) is 105 cm³/mol. The van der Waals surface area contributed by atoms with Gasteiger partial charge in [0.15, 0.2) is 0 Å². The number of nitrogens with one attached hydrogen (secondary N) is 2. The predicted octanol–water partition coefficient (Wildman–Crippen LogP) is 1.96. The molecular weight excluding hydrogens is 388 g/mol. The molecule has 0 aromatic heterocycles. The van der Waals surface area contributed by atoms with Crippen LogP contribution in [0.15, 0.2) is 35.0 Å². The minimum absolute atomic E-state index is 0.0604. The van der Waals surface area contributed by atoms with Gasteiger partial charge in [0.1, 0.15) is 10.7 Å². The number of hydrogen-bond donors (Lipinski definition) is 2. The summed E-state index contributed by atoms with van der Waals surface area (Å²) in [6.45, 7) is 1.82. The zero-order chi connectivity index (χ0) is 19.9. The molecule has 0 spiro atoms. The highest BCUT2D eigenvalue weighted by Gasteiger charge is 2.36. The van der Waals surface area contributed by atoms with Crippen LogP contribution in [0.25, 0.3) is 0 Å². The summed E-state index contributed by atoms with van der Waals surface area (Å²) in [6, 6.07) is 7.39. The lowest BCUT2D eigenvalue weighted by Crippen LogP contribution is -2.43. The molecule has 0 unspecified atom stereocenters. The summed E-state index contributed by atoms with van der Waals surface area (Å²) in [5.74, 6) is -0.589. The zero-order valence-electron chi connectivity index (χ0n) is 15.8. The molecule has 1 aliphatic carbocycles. The average molecular weight is 413 g/mol. The van der Waals surface area contributed by atoms with Crippen LogP contribution in [-0.2, 0) is 13.3 Å². The third-order valence-corrected chi connectivity index (χ3v) is 7.63. The van der Waals surface area contributed by atoms with Crippen LogP contribution in [0.2, 0.25) is 6.04 Å². The first-order chi connectivity index (χ1) is 13.0. The van der Waals surface area contributed by atoms with E-state index in [2.05, 4.69) is 10.6 Å². The summed E-state index contributed by atoms with van der Waals surface area (Å²) < 4.78 is 16.1. The summed E-state index contributed by atoms with van der Waals surface area (Å²) in [5.41, 5.74) is 0.882. The third kappa shape index (κ3) is 5.04. The number of carbonyl (C=O) groups excluding carboxylic acids is 2. The highest BCUT2D eigenvalue weighted by molar-refractivity contribution is 6.60. The molecule has 1 aliphatic rings. The Balaban J connectivity index is 1.78. The van der Waals surface area contributed by atoms with Crippen molar-refractivity contribution in [2.45, 2.75) is 12.5 Å². The minimum atomic E-state index is -2.53. The number of allylic oxidation sites excluding steroid dienone is 2. The maximum absolute atomic E-state index is 12.5. The van der Waals surface area contributed by atoms with Gasteiger partial charge in [0.05, 0.1) is 0 Å². The first-order valence-corrected chi connectivity index (χ1v) is 11.0. The smallest absolute Gasteiger partial charge is 0.379 e. The Kier molecular flexibility index (Phi) is 8.15. The summed E-state index contributed by atoms with van der Waals surface area (Å²) in [5, 5.41) is 6.18. The quantitative estimate of drug-likeness (QED) is 0.424. The number of carbonyl (C=O) groups is 2. The summed E-state index contributed by atoms with van der Waals surface area (Å²) in [6.07, 6.45) is 0.829. The van der Waals surface area contributed by atoms with Crippen molar-refractivity contribution in [2.24, 2.45) is 0 Å². The maximum Gasteiger partial charge on any atom is 0.500 e. The van der Waals surface area contributed by atoms with Gasteiger partial charge in [-0.2, -0.15) is 0 Å². The molecule has 1 aromatic rings. The Hall–Kier alpha value is -1.55. The van der Waals surface area contributed by atoms with Crippen LogP contribution < -0.4 is 10.6 Å². The van der Waals surface area contributed by atoms with Crippen molar-refractivity contribution in [3.63, 3.8) is 0 Å². The van der Waals surface area contributed by atoms with E-state index < -0.39 is 8.80 Å². The van der Waals surface area contributed by atoms with Gasteiger partial charge in [-0.05, 0) is 13.0 Å². The second-order valence-corrected chi connectivity index (χ2v) is 9.44. The molecule has 0 fully saturated rings. The number of rotatable bonds is 11. The monoisotopic (exact) mass is 412 g/mol. The molecule has 0 saturated heterocycles. The van der Waals surface area contributed by atoms with Crippen molar-refractivity contribution >= 4 is 32.0 Å². The standard InChI is InChI=1S/C18H25ClN2O5Si/c1-24-27(25-2,26-3)12-6-9-20-10-11-21-16-15(19)17(22)13-7-4-5-8-14(13)18(16)23/h4-5,7-8,20-21H,6,9-12H2,1-3H3. The van der Waals surface area contributed by atoms with Crippen molar-refractivity contribution in [3.8, 4) is 0 Å². The second kappa shape index (κ2) is 10.1. The molecule has 0 radical (unpaired) electrons. The van der Waals surface area contributed by atoms with E-state index in [9.17, 15) is 9.59 Å². The van der Waals surface area contributed by atoms with Gasteiger partial charge in [-0.15, -0.1) is 0 Å². The molecule has 0 bridgehead atoms. The lowest BCUT2D eigenvalue weighted by atomic mass is 9.92. The van der Waals surface area contributed by atoms with Crippen LogP contribution in [0.4, 0.5) is 0 Å². The van der Waals surface area contributed by atoms with Crippen LogP contribution in [0.5, 0.6) is 0 Å². The SMILES string of the molecule is CO[Si](CCCNCCNC1=C(Cl)C(=O)c2ccccc2C1=O)(OC)OC. The average Bonchev–Trinajstić information content (AvgIpc) is 2.71. The first kappa shape index (κ1) is 21.7. The molecule has 0 atom stereocenters. The van der Waals surface area contributed by atoms with Crippen molar-refractivity contribution in [2.75, 3.05) is 41.0 Å². The fourth-order valence-corrected chi connectivity index (χ4v) is 4.87. The van der Waals surface area contributed by atoms with Crippen LogP contribution in [-0.4, -0.2) is 61.3 Å². The Morgan fingerprint density at radius 1 is 0.926 bits per heavy atom. The molecule has 0 saturated carbocycles. The number of ketones is 2. The van der Waals surface area contributed by atoms with Gasteiger partial charge >= 0.3 is 8.80 Å². The molecular formula is C18H25ClN2O5Si. The van der Waals surface area contributed by atoms with Crippen molar-refractivity contribution in [1.82, 2.24) is 10.6 Å². The molecule has 2 N–H and O–H groups in total. The topological polar surface area (TPSA) is 85.9 Å². The fraction of sp³-hybridized carbons (Fsp3) is 0.444. The van der Waals surface area contributed by atoms with E-state index in [-0.39, 0.29) is 22.3 Å². The van der Waals surface area contributed by atoms with Crippen molar-refractivity contribution < 1.29 is 22.9 Å². The van der Waals surface area contributed by atoms with Gasteiger partial charge in [-0.1, -0.05) is 35.9 Å². The largest absolute Gasteiger partial charge is 0.500 e. The zero-order valence-corrected chi connectivity index (χ0v) is 17.5. The van der Waals surface area contributed by atoms with Crippen molar-refractivity contribution in [3.05, 3.63) is 46.1 Å². The number of benzene rings is 1. The van der Waals surface area contributed by atoms with E-state index in [4.69, 9.17) is 24.9 Å². The van der Waals surface area contributed by atoms with Gasteiger partial charge in [-0.3, -0.25) is 9.59 Å². The maximum atomic E-state index is 12.5. The summed E-state index contributed by atoms with van der Waals surface area (Å²) >= 11 is 6.11. The minimum Gasteiger partial charge on any atom is -0.379 e. The highest BCUT2D eigenvalue weighted by atomic mass is 35.5. The summed E-state index contributed by atoms with van der Waals surface area (Å²) in [7, 11) is 2.24. The van der Waals surface area contributed by atoms with E-state index in [1.165, 1.54) is 0 Å². The normalized spacial score (nSPS) is 14.5. The van der Waals surface area contributed by atoms with Crippen LogP contribution >= 0.6 is 11.6 Å². The molecule has 7 nitrogen and oxygen atoms in total. The van der Waals surface area contributed by atoms with E-state index in [0.29, 0.717) is 30.3 Å². The van der Waals surface area contributed by atoms with Gasteiger partial charge in [-0.25, -0.2) is 0 Å². The lowest BCUT2D eigenvalue weighted by Gasteiger charge is -2.24. The molecule has 0 heterocycles. The van der Waals surface area contributed by atoms with Crippen LogP contribution in [0.1, 0.15) is 27.1 Å². The third-order valence-electron chi connectivity index (χ3n) is 4.44. The molecule has 148 valence electrons.